The minimum Gasteiger partial charge on any atom is -0.427 e. The summed E-state index contributed by atoms with van der Waals surface area (Å²) >= 11 is 0. The van der Waals surface area contributed by atoms with Crippen LogP contribution < -0.4 is 26.3 Å². The number of rotatable bonds is 6. The van der Waals surface area contributed by atoms with Crippen molar-refractivity contribution in [1.29, 1.82) is 0 Å². The van der Waals surface area contributed by atoms with E-state index in [1.807, 2.05) is 43.4 Å². The highest BCUT2D eigenvalue weighted by Gasteiger charge is 2.25. The minimum absolute atomic E-state index is 0.545. The van der Waals surface area contributed by atoms with E-state index in [1.165, 1.54) is 0 Å². The third kappa shape index (κ3) is 3.96. The number of hydrogen-bond donors (Lipinski definition) is 3. The summed E-state index contributed by atoms with van der Waals surface area (Å²) in [5.74, 6) is 1.13. The molecule has 0 fully saturated rings. The van der Waals surface area contributed by atoms with Crippen LogP contribution in [0.1, 0.15) is 5.56 Å². The number of benzene rings is 2. The maximum Gasteiger partial charge on any atom is 0.376 e. The summed E-state index contributed by atoms with van der Waals surface area (Å²) in [7, 11) is 1.86. The lowest BCUT2D eigenvalue weighted by molar-refractivity contribution is -0.104. The van der Waals surface area contributed by atoms with Crippen molar-refractivity contribution < 1.29 is 9.47 Å². The van der Waals surface area contributed by atoms with Crippen LogP contribution in [0, 0.1) is 0 Å². The van der Waals surface area contributed by atoms with E-state index in [0.29, 0.717) is 18.0 Å². The number of nitrogens with two attached hydrogens (primary N) is 2. The highest BCUT2D eigenvalue weighted by molar-refractivity contribution is 5.33. The van der Waals surface area contributed by atoms with Crippen LogP contribution in [0.15, 0.2) is 54.6 Å². The van der Waals surface area contributed by atoms with Gasteiger partial charge in [-0.05, 0) is 25.2 Å². The Bertz CT molecular complexity index is 544. The first-order valence-electron chi connectivity index (χ1n) is 6.34. The van der Waals surface area contributed by atoms with E-state index in [4.69, 9.17) is 20.9 Å². The fourth-order valence-electron chi connectivity index (χ4n) is 1.81. The molecule has 0 unspecified atom stereocenters. The van der Waals surface area contributed by atoms with E-state index in [9.17, 15) is 0 Å². The molecule has 0 aliphatic rings. The normalized spacial score (nSPS) is 11.2. The molecule has 0 radical (unpaired) electrons. The van der Waals surface area contributed by atoms with Gasteiger partial charge in [0, 0.05) is 12.1 Å². The fourth-order valence-corrected chi connectivity index (χ4v) is 1.81. The molecule has 0 aliphatic heterocycles. The first kappa shape index (κ1) is 14.3. The second-order valence-corrected chi connectivity index (χ2v) is 4.38. The molecule has 0 aliphatic carbocycles. The lowest BCUT2D eigenvalue weighted by Gasteiger charge is -2.27. The summed E-state index contributed by atoms with van der Waals surface area (Å²) in [4.78, 5) is 0. The van der Waals surface area contributed by atoms with Crippen molar-refractivity contribution in [3.05, 3.63) is 60.2 Å². The van der Waals surface area contributed by atoms with E-state index in [2.05, 4.69) is 5.32 Å². The predicted octanol–water partition coefficient (Wildman–Crippen LogP) is 1.39. The molecule has 0 atom stereocenters. The molecule has 0 saturated heterocycles. The van der Waals surface area contributed by atoms with Crippen molar-refractivity contribution in [3.8, 4) is 11.5 Å². The maximum atomic E-state index is 5.86. The third-order valence-corrected chi connectivity index (χ3v) is 2.63. The van der Waals surface area contributed by atoms with Crippen LogP contribution in [0.4, 0.5) is 0 Å². The molecule has 0 saturated carbocycles. The number of hydrogen-bond acceptors (Lipinski definition) is 5. The Balaban J connectivity index is 2.11. The van der Waals surface area contributed by atoms with E-state index >= 15 is 0 Å². The summed E-state index contributed by atoms with van der Waals surface area (Å²) in [5.41, 5.74) is 12.7. The molecule has 2 rings (SSSR count). The highest BCUT2D eigenvalue weighted by atomic mass is 16.7. The number of para-hydroxylation sites is 2. The molecular weight excluding hydrogens is 254 g/mol. The van der Waals surface area contributed by atoms with Crippen molar-refractivity contribution >= 4 is 0 Å². The van der Waals surface area contributed by atoms with Gasteiger partial charge >= 0.3 is 6.03 Å². The van der Waals surface area contributed by atoms with Crippen molar-refractivity contribution in [1.82, 2.24) is 5.32 Å². The van der Waals surface area contributed by atoms with Gasteiger partial charge in [-0.15, -0.1) is 0 Å². The quantitative estimate of drug-likeness (QED) is 0.693. The van der Waals surface area contributed by atoms with Gasteiger partial charge in [-0.3, -0.25) is 0 Å². The van der Waals surface area contributed by atoms with Gasteiger partial charge in [0.1, 0.15) is 11.5 Å². The van der Waals surface area contributed by atoms with Gasteiger partial charge in [0.2, 0.25) is 0 Å². The van der Waals surface area contributed by atoms with Gasteiger partial charge in [0.25, 0.3) is 0 Å². The van der Waals surface area contributed by atoms with Gasteiger partial charge in [0.15, 0.2) is 0 Å². The molecule has 0 spiro atoms. The molecule has 5 N–H and O–H groups in total. The fraction of sp³-hybridized carbons (Fsp3) is 0.200. The minimum atomic E-state index is -1.73. The zero-order valence-electron chi connectivity index (χ0n) is 11.4. The molecule has 106 valence electrons. The van der Waals surface area contributed by atoms with Gasteiger partial charge in [0.05, 0.1) is 0 Å². The smallest absolute Gasteiger partial charge is 0.376 e. The van der Waals surface area contributed by atoms with Crippen LogP contribution in [-0.4, -0.2) is 13.1 Å². The van der Waals surface area contributed by atoms with Gasteiger partial charge < -0.3 is 14.8 Å². The molecule has 0 amide bonds. The van der Waals surface area contributed by atoms with E-state index < -0.39 is 6.03 Å². The Morgan fingerprint density at radius 3 is 2.30 bits per heavy atom. The first-order chi connectivity index (χ1) is 9.61. The lowest BCUT2D eigenvalue weighted by Crippen LogP contribution is -2.59. The standard InChI is InChI=1S/C15H19N3O2/c1-18-11-12-7-5-6-10-14(12)20-15(16,17)19-13-8-3-2-4-9-13/h2-10,18H,11,16-17H2,1H3. The van der Waals surface area contributed by atoms with E-state index in [0.717, 1.165) is 5.56 Å². The predicted molar refractivity (Wildman–Crippen MR) is 78.0 cm³/mol. The van der Waals surface area contributed by atoms with Crippen molar-refractivity contribution in [2.75, 3.05) is 7.05 Å². The first-order valence-corrected chi connectivity index (χ1v) is 6.34. The Morgan fingerprint density at radius 2 is 1.60 bits per heavy atom. The molecule has 20 heavy (non-hydrogen) atoms. The van der Waals surface area contributed by atoms with Crippen LogP contribution in [0.3, 0.4) is 0 Å². The molecular formula is C15H19N3O2. The Labute approximate surface area is 118 Å². The third-order valence-electron chi connectivity index (χ3n) is 2.63. The zero-order valence-corrected chi connectivity index (χ0v) is 11.4. The average Bonchev–Trinajstić information content (AvgIpc) is 2.41. The molecule has 0 bridgehead atoms. The van der Waals surface area contributed by atoms with Gasteiger partial charge in [-0.1, -0.05) is 36.4 Å². The molecule has 2 aromatic carbocycles. The number of nitrogens with one attached hydrogen (secondary N) is 1. The van der Waals surface area contributed by atoms with Crippen molar-refractivity contribution in [2.45, 2.75) is 12.6 Å². The Morgan fingerprint density at radius 1 is 0.950 bits per heavy atom. The van der Waals surface area contributed by atoms with Crippen LogP contribution in [0.5, 0.6) is 11.5 Å². The molecule has 5 nitrogen and oxygen atoms in total. The average molecular weight is 273 g/mol. The monoisotopic (exact) mass is 273 g/mol. The Hall–Kier alpha value is -2.08. The summed E-state index contributed by atoms with van der Waals surface area (Å²) in [6.45, 7) is 0.650. The second kappa shape index (κ2) is 6.38. The largest absolute Gasteiger partial charge is 0.427 e. The van der Waals surface area contributed by atoms with E-state index in [-0.39, 0.29) is 0 Å². The Kier molecular flexibility index (Phi) is 4.57. The maximum absolute atomic E-state index is 5.86. The van der Waals surface area contributed by atoms with Gasteiger partial charge in [-0.2, -0.15) is 0 Å². The highest BCUT2D eigenvalue weighted by Crippen LogP contribution is 2.21. The molecule has 0 aromatic heterocycles. The molecule has 2 aromatic rings. The van der Waals surface area contributed by atoms with Crippen LogP contribution in [0.25, 0.3) is 0 Å². The summed E-state index contributed by atoms with van der Waals surface area (Å²) in [5, 5.41) is 3.06. The van der Waals surface area contributed by atoms with Crippen molar-refractivity contribution in [3.63, 3.8) is 0 Å². The second-order valence-electron chi connectivity index (χ2n) is 4.38. The van der Waals surface area contributed by atoms with E-state index in [1.54, 1.807) is 18.2 Å². The molecule has 0 heterocycles. The van der Waals surface area contributed by atoms with Crippen LogP contribution >= 0.6 is 0 Å². The summed E-state index contributed by atoms with van der Waals surface area (Å²) in [6, 6.07) is 14.9. The van der Waals surface area contributed by atoms with Gasteiger partial charge in [-0.25, -0.2) is 11.5 Å². The SMILES string of the molecule is CNCc1ccccc1OC(N)(N)Oc1ccccc1. The number of ether oxygens (including phenoxy) is 2. The van der Waals surface area contributed by atoms with Crippen LogP contribution in [-0.2, 0) is 6.54 Å². The summed E-state index contributed by atoms with van der Waals surface area (Å²) < 4.78 is 11.0. The lowest BCUT2D eigenvalue weighted by atomic mass is 10.2. The summed E-state index contributed by atoms with van der Waals surface area (Å²) in [6.07, 6.45) is 0. The van der Waals surface area contributed by atoms with Crippen molar-refractivity contribution in [2.24, 2.45) is 11.5 Å². The topological polar surface area (TPSA) is 82.5 Å². The molecule has 5 heteroatoms. The zero-order chi connectivity index (χ0) is 14.4. The van der Waals surface area contributed by atoms with Crippen LogP contribution in [0.2, 0.25) is 0 Å².